The average Bonchev–Trinajstić information content (AvgIpc) is 3.04. The number of hydrogen-bond acceptors (Lipinski definition) is 4. The summed E-state index contributed by atoms with van der Waals surface area (Å²) < 4.78 is 0. The van der Waals surface area contributed by atoms with Crippen molar-refractivity contribution in [3.8, 4) is 0 Å². The normalized spacial score (nSPS) is 16.1. The second-order valence-electron chi connectivity index (χ2n) is 6.87. The maximum atomic E-state index is 12.7. The van der Waals surface area contributed by atoms with E-state index < -0.39 is 4.92 Å². The molecular weight excluding hydrogens is 332 g/mol. The highest BCUT2D eigenvalue weighted by atomic mass is 16.6. The van der Waals surface area contributed by atoms with Crippen molar-refractivity contribution in [1.29, 1.82) is 0 Å². The van der Waals surface area contributed by atoms with Crippen molar-refractivity contribution in [3.05, 3.63) is 63.2 Å². The number of benzene rings is 2. The molecule has 0 bridgehead atoms. The monoisotopic (exact) mass is 352 g/mol. The van der Waals surface area contributed by atoms with Crippen molar-refractivity contribution in [2.45, 2.75) is 19.4 Å². The number of likely N-dealkylation sites (N-methyl/N-ethyl adjacent to an activating group) is 1. The first-order valence-corrected chi connectivity index (χ1v) is 8.67. The number of nitro groups is 1. The summed E-state index contributed by atoms with van der Waals surface area (Å²) in [6.07, 6.45) is 1.72. The fourth-order valence-electron chi connectivity index (χ4n) is 3.66. The fraction of sp³-hybridized carbons (Fsp3) is 0.316. The zero-order valence-corrected chi connectivity index (χ0v) is 14.6. The van der Waals surface area contributed by atoms with E-state index in [1.54, 1.807) is 11.0 Å². The second kappa shape index (κ2) is 6.42. The maximum absolute atomic E-state index is 12.7. The predicted molar refractivity (Wildman–Crippen MR) is 99.6 cm³/mol. The molecule has 0 saturated heterocycles. The van der Waals surface area contributed by atoms with E-state index in [1.807, 2.05) is 12.1 Å². The second-order valence-corrected chi connectivity index (χ2v) is 6.87. The molecule has 0 unspecified atom stereocenters. The standard InChI is InChI=1S/C19H20N4O3/c1-21-8-6-13-2-4-16(10-15(13)12-21)20-19(24)22-9-7-14-3-5-17(23(25)26)11-18(14)22/h2-5,10-11H,6-9,12H2,1H3,(H,20,24). The molecule has 0 aromatic heterocycles. The Morgan fingerprint density at radius 3 is 2.65 bits per heavy atom. The van der Waals surface area contributed by atoms with Crippen molar-refractivity contribution < 1.29 is 9.72 Å². The summed E-state index contributed by atoms with van der Waals surface area (Å²) in [7, 11) is 2.09. The smallest absolute Gasteiger partial charge is 0.308 e. The van der Waals surface area contributed by atoms with Crippen molar-refractivity contribution in [2.75, 3.05) is 30.4 Å². The van der Waals surface area contributed by atoms with Gasteiger partial charge in [0.25, 0.3) is 5.69 Å². The van der Waals surface area contributed by atoms with Gasteiger partial charge < -0.3 is 10.2 Å². The van der Waals surface area contributed by atoms with Crippen LogP contribution in [0.1, 0.15) is 16.7 Å². The molecule has 0 saturated carbocycles. The molecule has 2 heterocycles. The number of nitro benzene ring substituents is 1. The Morgan fingerprint density at radius 1 is 1.08 bits per heavy atom. The zero-order valence-electron chi connectivity index (χ0n) is 14.6. The van der Waals surface area contributed by atoms with Crippen LogP contribution in [-0.2, 0) is 19.4 Å². The van der Waals surface area contributed by atoms with Gasteiger partial charge >= 0.3 is 6.03 Å². The Hall–Kier alpha value is -2.93. The molecule has 0 radical (unpaired) electrons. The van der Waals surface area contributed by atoms with Crippen LogP contribution in [0.4, 0.5) is 21.9 Å². The molecule has 7 heteroatoms. The van der Waals surface area contributed by atoms with E-state index in [9.17, 15) is 14.9 Å². The predicted octanol–water partition coefficient (Wildman–Crippen LogP) is 3.18. The number of nitrogens with zero attached hydrogens (tertiary/aromatic N) is 3. The molecule has 134 valence electrons. The highest BCUT2D eigenvalue weighted by molar-refractivity contribution is 6.03. The minimum Gasteiger partial charge on any atom is -0.308 e. The van der Waals surface area contributed by atoms with E-state index in [-0.39, 0.29) is 11.7 Å². The van der Waals surface area contributed by atoms with Crippen LogP contribution < -0.4 is 10.2 Å². The molecule has 7 nitrogen and oxygen atoms in total. The van der Waals surface area contributed by atoms with Crippen LogP contribution in [0.3, 0.4) is 0 Å². The molecule has 0 atom stereocenters. The number of fused-ring (bicyclic) bond motifs is 2. The van der Waals surface area contributed by atoms with Gasteiger partial charge in [-0.1, -0.05) is 12.1 Å². The van der Waals surface area contributed by atoms with Gasteiger partial charge in [-0.05, 0) is 48.7 Å². The summed E-state index contributed by atoms with van der Waals surface area (Å²) in [4.78, 5) is 27.1. The maximum Gasteiger partial charge on any atom is 0.326 e. The van der Waals surface area contributed by atoms with Gasteiger partial charge in [-0.2, -0.15) is 0 Å². The number of anilines is 2. The summed E-state index contributed by atoms with van der Waals surface area (Å²) >= 11 is 0. The summed E-state index contributed by atoms with van der Waals surface area (Å²) in [5, 5.41) is 14.0. The summed E-state index contributed by atoms with van der Waals surface area (Å²) in [6, 6.07) is 10.5. The lowest BCUT2D eigenvalue weighted by molar-refractivity contribution is -0.384. The first kappa shape index (κ1) is 16.5. The van der Waals surface area contributed by atoms with Crippen molar-refractivity contribution in [1.82, 2.24) is 4.90 Å². The SMILES string of the molecule is CN1CCc2ccc(NC(=O)N3CCc4ccc([N+](=O)[O-])cc43)cc2C1. The summed E-state index contributed by atoms with van der Waals surface area (Å²) in [5.41, 5.74) is 4.88. The number of rotatable bonds is 2. The van der Waals surface area contributed by atoms with E-state index in [0.29, 0.717) is 18.7 Å². The third-order valence-electron chi connectivity index (χ3n) is 5.08. The fourth-order valence-corrected chi connectivity index (χ4v) is 3.66. The van der Waals surface area contributed by atoms with E-state index in [2.05, 4.69) is 23.3 Å². The minimum atomic E-state index is -0.436. The van der Waals surface area contributed by atoms with Crippen LogP contribution in [0.25, 0.3) is 0 Å². The molecule has 1 N–H and O–H groups in total. The Kier molecular flexibility index (Phi) is 4.08. The number of nitrogens with one attached hydrogen (secondary N) is 1. The molecule has 2 aliphatic heterocycles. The molecule has 4 rings (SSSR count). The largest absolute Gasteiger partial charge is 0.326 e. The minimum absolute atomic E-state index is 0.000248. The number of urea groups is 1. The molecule has 2 aromatic carbocycles. The van der Waals surface area contributed by atoms with Gasteiger partial charge in [-0.15, -0.1) is 0 Å². The molecule has 26 heavy (non-hydrogen) atoms. The van der Waals surface area contributed by atoms with Crippen LogP contribution in [0.5, 0.6) is 0 Å². The van der Waals surface area contributed by atoms with E-state index in [0.717, 1.165) is 30.8 Å². The Morgan fingerprint density at radius 2 is 1.85 bits per heavy atom. The summed E-state index contributed by atoms with van der Waals surface area (Å²) in [5.74, 6) is 0. The number of hydrogen-bond donors (Lipinski definition) is 1. The highest BCUT2D eigenvalue weighted by Gasteiger charge is 2.27. The Labute approximate surface area is 151 Å². The number of carbonyl (C=O) groups is 1. The van der Waals surface area contributed by atoms with E-state index in [1.165, 1.54) is 23.3 Å². The van der Waals surface area contributed by atoms with Gasteiger partial charge in [0, 0.05) is 37.5 Å². The molecular formula is C19H20N4O3. The topological polar surface area (TPSA) is 78.7 Å². The molecule has 2 aliphatic rings. The quantitative estimate of drug-likeness (QED) is 0.665. The number of non-ortho nitro benzene ring substituents is 1. The van der Waals surface area contributed by atoms with E-state index in [4.69, 9.17) is 0 Å². The van der Waals surface area contributed by atoms with Crippen LogP contribution in [0.2, 0.25) is 0 Å². The van der Waals surface area contributed by atoms with Crippen LogP contribution in [0.15, 0.2) is 36.4 Å². The van der Waals surface area contributed by atoms with Gasteiger partial charge in [0.2, 0.25) is 0 Å². The first-order chi connectivity index (χ1) is 12.5. The molecule has 0 spiro atoms. The van der Waals surface area contributed by atoms with Crippen LogP contribution in [-0.4, -0.2) is 36.0 Å². The lowest BCUT2D eigenvalue weighted by Crippen LogP contribution is -2.33. The van der Waals surface area contributed by atoms with Gasteiger partial charge in [-0.3, -0.25) is 15.0 Å². The Balaban J connectivity index is 1.54. The molecule has 0 aliphatic carbocycles. The summed E-state index contributed by atoms with van der Waals surface area (Å²) in [6.45, 7) is 2.44. The van der Waals surface area contributed by atoms with Gasteiger partial charge in [0.15, 0.2) is 0 Å². The number of carbonyl (C=O) groups excluding carboxylic acids is 1. The molecule has 0 fully saturated rings. The highest BCUT2D eigenvalue weighted by Crippen LogP contribution is 2.32. The van der Waals surface area contributed by atoms with Crippen molar-refractivity contribution >= 4 is 23.1 Å². The molecule has 2 amide bonds. The van der Waals surface area contributed by atoms with Gasteiger partial charge in [-0.25, -0.2) is 4.79 Å². The Bertz CT molecular complexity index is 896. The van der Waals surface area contributed by atoms with Crippen LogP contribution >= 0.6 is 0 Å². The first-order valence-electron chi connectivity index (χ1n) is 8.67. The third-order valence-corrected chi connectivity index (χ3v) is 5.08. The molecule has 2 aromatic rings. The zero-order chi connectivity index (χ0) is 18.3. The van der Waals surface area contributed by atoms with Crippen LogP contribution in [0, 0.1) is 10.1 Å². The number of amides is 2. The van der Waals surface area contributed by atoms with Crippen molar-refractivity contribution in [2.24, 2.45) is 0 Å². The third kappa shape index (κ3) is 3.01. The van der Waals surface area contributed by atoms with Gasteiger partial charge in [0.05, 0.1) is 10.6 Å². The van der Waals surface area contributed by atoms with E-state index >= 15 is 0 Å². The van der Waals surface area contributed by atoms with Gasteiger partial charge in [0.1, 0.15) is 0 Å². The lowest BCUT2D eigenvalue weighted by atomic mass is 9.99. The average molecular weight is 352 g/mol. The lowest BCUT2D eigenvalue weighted by Gasteiger charge is -2.25. The van der Waals surface area contributed by atoms with Crippen molar-refractivity contribution in [3.63, 3.8) is 0 Å².